The molecule has 0 radical (unpaired) electrons. The van der Waals surface area contributed by atoms with Gasteiger partial charge in [-0.1, -0.05) is 64.0 Å². The lowest BCUT2D eigenvalue weighted by Crippen LogP contribution is -2.33. The number of hydrogen-bond acceptors (Lipinski definition) is 3. The Morgan fingerprint density at radius 2 is 2.00 bits per heavy atom. The molecule has 1 aromatic carbocycles. The lowest BCUT2D eigenvalue weighted by atomic mass is 9.81. The largest absolute Gasteiger partial charge is 0.336 e. The lowest BCUT2D eigenvalue weighted by molar-refractivity contribution is 0.0981. The van der Waals surface area contributed by atoms with Crippen LogP contribution in [0, 0.1) is 5.92 Å². The average Bonchev–Trinajstić information content (AvgIpc) is 2.97. The standard InChI is InChI=1S/C27H34N2O3S.H2/c1-5-22-19(4)10-9-15-29-24-16-21(27(30)28-33(31,32)17-18(2)3)13-14-23(24)25(26(22)29)20-11-7-6-8-12-20;/h5,9-10,13-14,16,18,20H,1,6-8,11-12,15,17H2,2-4H3,(H,28,30);1H. The minimum Gasteiger partial charge on any atom is -0.336 e. The molecule has 1 amide bonds. The first-order valence-electron chi connectivity index (χ1n) is 11.9. The zero-order valence-electron chi connectivity index (χ0n) is 19.9. The third kappa shape index (κ3) is 4.72. The van der Waals surface area contributed by atoms with Gasteiger partial charge in [-0.05, 0) is 54.9 Å². The van der Waals surface area contributed by atoms with Gasteiger partial charge in [0.1, 0.15) is 0 Å². The van der Waals surface area contributed by atoms with Crippen LogP contribution in [0.2, 0.25) is 0 Å². The topological polar surface area (TPSA) is 68.2 Å². The molecular formula is C27H36N2O3S. The van der Waals surface area contributed by atoms with Crippen molar-refractivity contribution < 1.29 is 14.6 Å². The number of sulfonamides is 1. The maximum Gasteiger partial charge on any atom is 0.264 e. The molecule has 1 aliphatic carbocycles. The lowest BCUT2D eigenvalue weighted by Gasteiger charge is -2.24. The first kappa shape index (κ1) is 23.6. The molecule has 5 nitrogen and oxygen atoms in total. The molecule has 0 unspecified atom stereocenters. The van der Waals surface area contributed by atoms with Crippen LogP contribution < -0.4 is 4.72 Å². The first-order valence-corrected chi connectivity index (χ1v) is 13.6. The maximum absolute atomic E-state index is 12.9. The van der Waals surface area contributed by atoms with Gasteiger partial charge in [0, 0.05) is 30.0 Å². The molecule has 178 valence electrons. The Morgan fingerprint density at radius 1 is 1.27 bits per heavy atom. The average molecular weight is 469 g/mol. The van der Waals surface area contributed by atoms with Crippen LogP contribution in [0.15, 0.2) is 48.6 Å². The number of benzene rings is 1. The predicted molar refractivity (Wildman–Crippen MR) is 138 cm³/mol. The molecule has 0 spiro atoms. The minimum absolute atomic E-state index is 0. The Labute approximate surface area is 198 Å². The van der Waals surface area contributed by atoms with Crippen molar-refractivity contribution in [1.29, 1.82) is 0 Å². The van der Waals surface area contributed by atoms with Gasteiger partial charge >= 0.3 is 0 Å². The molecule has 6 heteroatoms. The van der Waals surface area contributed by atoms with Crippen molar-refractivity contribution in [1.82, 2.24) is 9.29 Å². The van der Waals surface area contributed by atoms with Crippen LogP contribution in [0.4, 0.5) is 0 Å². The van der Waals surface area contributed by atoms with Gasteiger partial charge in [-0.2, -0.15) is 0 Å². The van der Waals surface area contributed by atoms with E-state index in [0.29, 0.717) is 18.0 Å². The summed E-state index contributed by atoms with van der Waals surface area (Å²) >= 11 is 0. The smallest absolute Gasteiger partial charge is 0.264 e. The van der Waals surface area contributed by atoms with Crippen molar-refractivity contribution in [2.24, 2.45) is 5.92 Å². The number of nitrogens with zero attached hydrogens (tertiary/aromatic N) is 1. The summed E-state index contributed by atoms with van der Waals surface area (Å²) in [5.74, 6) is -0.238. The molecule has 2 aromatic rings. The summed E-state index contributed by atoms with van der Waals surface area (Å²) in [6.07, 6.45) is 12.3. The van der Waals surface area contributed by atoms with Crippen LogP contribution in [0.1, 0.15) is 81.8 Å². The maximum atomic E-state index is 12.9. The van der Waals surface area contributed by atoms with E-state index in [2.05, 4.69) is 34.9 Å². The van der Waals surface area contributed by atoms with Crippen molar-refractivity contribution in [3.8, 4) is 0 Å². The molecule has 2 heterocycles. The first-order chi connectivity index (χ1) is 15.7. The van der Waals surface area contributed by atoms with E-state index in [1.54, 1.807) is 6.07 Å². The number of carbonyl (C=O) groups excluding carboxylic acids is 1. The summed E-state index contributed by atoms with van der Waals surface area (Å²) in [5, 5.41) is 1.15. The number of amides is 1. The molecule has 4 rings (SSSR count). The summed E-state index contributed by atoms with van der Waals surface area (Å²) < 4.78 is 29.2. The quantitative estimate of drug-likeness (QED) is 0.550. The highest BCUT2D eigenvalue weighted by Crippen LogP contribution is 2.44. The fourth-order valence-corrected chi connectivity index (χ4v) is 6.71. The van der Waals surface area contributed by atoms with Gasteiger partial charge in [-0.25, -0.2) is 13.1 Å². The number of carbonyl (C=O) groups is 1. The van der Waals surface area contributed by atoms with Crippen LogP contribution in [0.3, 0.4) is 0 Å². The molecule has 33 heavy (non-hydrogen) atoms. The van der Waals surface area contributed by atoms with Crippen molar-refractivity contribution in [3.05, 3.63) is 65.4 Å². The highest BCUT2D eigenvalue weighted by Gasteiger charge is 2.28. The number of aromatic nitrogens is 1. The molecule has 0 saturated heterocycles. The molecule has 0 bridgehead atoms. The molecule has 1 fully saturated rings. The van der Waals surface area contributed by atoms with Crippen molar-refractivity contribution in [2.75, 3.05) is 5.75 Å². The van der Waals surface area contributed by atoms with Crippen LogP contribution in [0.5, 0.6) is 0 Å². The van der Waals surface area contributed by atoms with Gasteiger partial charge < -0.3 is 4.57 Å². The number of allylic oxidation sites excluding steroid dienone is 5. The zero-order valence-corrected chi connectivity index (χ0v) is 20.7. The SMILES string of the molecule is C=CC1=C(C)C=CCn2c1c(C1CCCCC1)c1ccc(C(=O)NS(=O)(=O)CC(C)C)cc12.[HH]. The van der Waals surface area contributed by atoms with E-state index in [0.717, 1.165) is 16.5 Å². The molecule has 1 aromatic heterocycles. The Hall–Kier alpha value is -2.60. The molecular weight excluding hydrogens is 432 g/mol. The Morgan fingerprint density at radius 3 is 2.67 bits per heavy atom. The molecule has 1 saturated carbocycles. The summed E-state index contributed by atoms with van der Waals surface area (Å²) in [6, 6.07) is 5.61. The third-order valence-electron chi connectivity index (χ3n) is 6.72. The van der Waals surface area contributed by atoms with Crippen LogP contribution in [-0.2, 0) is 16.6 Å². The number of nitrogens with one attached hydrogen (secondary N) is 1. The summed E-state index contributed by atoms with van der Waals surface area (Å²) in [5.41, 5.74) is 6.19. The van der Waals surface area contributed by atoms with Crippen LogP contribution in [-0.4, -0.2) is 24.6 Å². The van der Waals surface area contributed by atoms with E-state index in [1.165, 1.54) is 48.9 Å². The van der Waals surface area contributed by atoms with Crippen LogP contribution >= 0.6 is 0 Å². The molecule has 1 N–H and O–H groups in total. The number of rotatable bonds is 6. The highest BCUT2D eigenvalue weighted by atomic mass is 32.2. The van der Waals surface area contributed by atoms with Gasteiger partial charge in [0.05, 0.1) is 11.4 Å². The fourth-order valence-electron chi connectivity index (χ4n) is 5.35. The summed E-state index contributed by atoms with van der Waals surface area (Å²) in [6.45, 7) is 10.6. The fraction of sp³-hybridized carbons (Fsp3) is 0.444. The van der Waals surface area contributed by atoms with E-state index in [1.807, 2.05) is 32.1 Å². The van der Waals surface area contributed by atoms with Gasteiger partial charge in [0.2, 0.25) is 10.0 Å². The second-order valence-corrected chi connectivity index (χ2v) is 11.5. The van der Waals surface area contributed by atoms with E-state index in [9.17, 15) is 13.2 Å². The zero-order chi connectivity index (χ0) is 23.8. The summed E-state index contributed by atoms with van der Waals surface area (Å²) in [7, 11) is -3.67. The van der Waals surface area contributed by atoms with Gasteiger partial charge in [-0.15, -0.1) is 0 Å². The predicted octanol–water partition coefficient (Wildman–Crippen LogP) is 6.18. The van der Waals surface area contributed by atoms with Crippen molar-refractivity contribution >= 4 is 32.4 Å². The van der Waals surface area contributed by atoms with Gasteiger partial charge in [-0.3, -0.25) is 4.79 Å². The Balaban J connectivity index is 0.00000324. The van der Waals surface area contributed by atoms with Crippen molar-refractivity contribution in [2.45, 2.75) is 65.3 Å². The monoisotopic (exact) mass is 468 g/mol. The van der Waals surface area contributed by atoms with Crippen LogP contribution in [0.25, 0.3) is 16.5 Å². The molecule has 2 aliphatic rings. The molecule has 1 aliphatic heterocycles. The van der Waals surface area contributed by atoms with Crippen molar-refractivity contribution in [3.63, 3.8) is 0 Å². The second kappa shape index (κ2) is 9.34. The Bertz CT molecular complexity index is 1260. The minimum atomic E-state index is -3.67. The molecule has 0 atom stereocenters. The number of fused-ring (bicyclic) bond motifs is 3. The van der Waals surface area contributed by atoms with E-state index in [-0.39, 0.29) is 13.1 Å². The number of hydrogen-bond donors (Lipinski definition) is 1. The van der Waals surface area contributed by atoms with Gasteiger partial charge in [0.15, 0.2) is 0 Å². The second-order valence-electron chi connectivity index (χ2n) is 9.75. The highest BCUT2D eigenvalue weighted by molar-refractivity contribution is 7.90. The Kier molecular flexibility index (Phi) is 6.66. The van der Waals surface area contributed by atoms with E-state index < -0.39 is 15.9 Å². The van der Waals surface area contributed by atoms with E-state index in [4.69, 9.17) is 0 Å². The van der Waals surface area contributed by atoms with Gasteiger partial charge in [0.25, 0.3) is 5.91 Å². The third-order valence-corrected chi connectivity index (χ3v) is 8.32. The van der Waals surface area contributed by atoms with E-state index >= 15 is 0 Å². The summed E-state index contributed by atoms with van der Waals surface area (Å²) in [4.78, 5) is 12.9. The normalized spacial score (nSPS) is 17.3.